The Hall–Kier alpha value is -0.650. The van der Waals surface area contributed by atoms with E-state index in [2.05, 4.69) is 18.6 Å². The van der Waals surface area contributed by atoms with Crippen molar-refractivity contribution < 1.29 is 19.0 Å². The molecule has 0 aromatic carbocycles. The van der Waals surface area contributed by atoms with Crippen molar-refractivity contribution >= 4 is 5.97 Å². The summed E-state index contributed by atoms with van der Waals surface area (Å²) in [5, 5.41) is 0. The first kappa shape index (κ1) is 15.3. The van der Waals surface area contributed by atoms with Crippen LogP contribution in [0.5, 0.6) is 0 Å². The van der Waals surface area contributed by atoms with Gasteiger partial charge in [-0.15, -0.1) is 0 Å². The SMILES string of the molecule is COC(=O)C(N)CCOCCOCC(C)C. The molecule has 96 valence electrons. The highest BCUT2D eigenvalue weighted by atomic mass is 16.5. The highest BCUT2D eigenvalue weighted by molar-refractivity contribution is 5.75. The van der Waals surface area contributed by atoms with Crippen LogP contribution >= 0.6 is 0 Å². The number of carbonyl (C=O) groups excluding carboxylic acids is 1. The molecule has 16 heavy (non-hydrogen) atoms. The summed E-state index contributed by atoms with van der Waals surface area (Å²) in [4.78, 5) is 10.9. The van der Waals surface area contributed by atoms with Crippen molar-refractivity contribution in [2.24, 2.45) is 11.7 Å². The number of carbonyl (C=O) groups is 1. The van der Waals surface area contributed by atoms with E-state index in [9.17, 15) is 4.79 Å². The number of hydrogen-bond donors (Lipinski definition) is 1. The van der Waals surface area contributed by atoms with Crippen LogP contribution in [0.4, 0.5) is 0 Å². The molecule has 1 unspecified atom stereocenters. The van der Waals surface area contributed by atoms with Crippen LogP contribution < -0.4 is 5.73 Å². The van der Waals surface area contributed by atoms with Gasteiger partial charge in [0.25, 0.3) is 0 Å². The van der Waals surface area contributed by atoms with Gasteiger partial charge in [0.15, 0.2) is 0 Å². The molecular formula is C11H23NO4. The van der Waals surface area contributed by atoms with Crippen molar-refractivity contribution in [2.75, 3.05) is 33.5 Å². The summed E-state index contributed by atoms with van der Waals surface area (Å²) >= 11 is 0. The molecule has 5 nitrogen and oxygen atoms in total. The molecule has 0 bridgehead atoms. The molecule has 0 aliphatic carbocycles. The zero-order chi connectivity index (χ0) is 12.4. The maximum absolute atomic E-state index is 10.9. The zero-order valence-electron chi connectivity index (χ0n) is 10.4. The second kappa shape index (κ2) is 9.57. The molecule has 0 rings (SSSR count). The van der Waals surface area contributed by atoms with Crippen molar-refractivity contribution in [1.29, 1.82) is 0 Å². The molecule has 0 heterocycles. The number of hydrogen-bond acceptors (Lipinski definition) is 5. The first-order chi connectivity index (χ1) is 7.57. The Labute approximate surface area is 97.2 Å². The van der Waals surface area contributed by atoms with E-state index in [1.54, 1.807) is 0 Å². The lowest BCUT2D eigenvalue weighted by Crippen LogP contribution is -2.32. The second-order valence-corrected chi connectivity index (χ2v) is 4.00. The zero-order valence-corrected chi connectivity index (χ0v) is 10.4. The third-order valence-electron chi connectivity index (χ3n) is 1.90. The van der Waals surface area contributed by atoms with Gasteiger partial charge in [-0.05, 0) is 12.3 Å². The topological polar surface area (TPSA) is 70.8 Å². The van der Waals surface area contributed by atoms with E-state index in [0.717, 1.165) is 6.61 Å². The molecule has 1 atom stereocenters. The van der Waals surface area contributed by atoms with Gasteiger partial charge in [0, 0.05) is 13.2 Å². The molecule has 0 spiro atoms. The predicted molar refractivity (Wildman–Crippen MR) is 61.1 cm³/mol. The maximum atomic E-state index is 10.9. The Balaban J connectivity index is 3.24. The summed E-state index contributed by atoms with van der Waals surface area (Å²) in [7, 11) is 1.32. The first-order valence-electron chi connectivity index (χ1n) is 5.56. The van der Waals surface area contributed by atoms with Gasteiger partial charge in [-0.3, -0.25) is 4.79 Å². The van der Waals surface area contributed by atoms with Gasteiger partial charge in [-0.1, -0.05) is 13.8 Å². The lowest BCUT2D eigenvalue weighted by molar-refractivity contribution is -0.142. The molecule has 0 fully saturated rings. The molecule has 0 aliphatic rings. The third-order valence-corrected chi connectivity index (χ3v) is 1.90. The average molecular weight is 233 g/mol. The predicted octanol–water partition coefficient (Wildman–Crippen LogP) is 0.566. The van der Waals surface area contributed by atoms with E-state index >= 15 is 0 Å². The van der Waals surface area contributed by atoms with E-state index in [0.29, 0.717) is 32.2 Å². The number of esters is 1. The minimum absolute atomic E-state index is 0.403. The lowest BCUT2D eigenvalue weighted by atomic mass is 10.2. The molecule has 0 radical (unpaired) electrons. The Morgan fingerprint density at radius 1 is 1.19 bits per heavy atom. The summed E-state index contributed by atoms with van der Waals surface area (Å²) in [5.74, 6) is 0.132. The van der Waals surface area contributed by atoms with Crippen LogP contribution in [0.3, 0.4) is 0 Å². The van der Waals surface area contributed by atoms with Crippen LogP contribution in [0.2, 0.25) is 0 Å². The third kappa shape index (κ3) is 8.64. The summed E-state index contributed by atoms with van der Waals surface area (Å²) in [6, 6.07) is -0.596. The molecule has 0 saturated heterocycles. The van der Waals surface area contributed by atoms with Crippen molar-refractivity contribution in [3.05, 3.63) is 0 Å². The molecule has 0 saturated carbocycles. The van der Waals surface area contributed by atoms with Crippen LogP contribution in [0, 0.1) is 5.92 Å². The van der Waals surface area contributed by atoms with Crippen LogP contribution in [0.15, 0.2) is 0 Å². The maximum Gasteiger partial charge on any atom is 0.322 e. The fourth-order valence-corrected chi connectivity index (χ4v) is 1.02. The van der Waals surface area contributed by atoms with Gasteiger partial charge in [0.05, 0.1) is 20.3 Å². The standard InChI is InChI=1S/C11H23NO4/c1-9(2)8-16-7-6-15-5-4-10(12)11(13)14-3/h9-10H,4-8,12H2,1-3H3. The number of rotatable bonds is 9. The average Bonchev–Trinajstić information content (AvgIpc) is 2.25. The Bertz CT molecular complexity index is 185. The molecular weight excluding hydrogens is 210 g/mol. The molecule has 0 aliphatic heterocycles. The van der Waals surface area contributed by atoms with Gasteiger partial charge >= 0.3 is 5.97 Å². The number of nitrogens with two attached hydrogens (primary N) is 1. The Morgan fingerprint density at radius 3 is 2.38 bits per heavy atom. The largest absolute Gasteiger partial charge is 0.468 e. The Morgan fingerprint density at radius 2 is 1.81 bits per heavy atom. The van der Waals surface area contributed by atoms with Gasteiger partial charge < -0.3 is 19.9 Å². The fraction of sp³-hybridized carbons (Fsp3) is 0.909. The first-order valence-corrected chi connectivity index (χ1v) is 5.56. The highest BCUT2D eigenvalue weighted by Gasteiger charge is 2.12. The second-order valence-electron chi connectivity index (χ2n) is 4.00. The molecule has 5 heteroatoms. The van der Waals surface area contributed by atoms with Crippen LogP contribution in [0.1, 0.15) is 20.3 Å². The van der Waals surface area contributed by atoms with Crippen molar-refractivity contribution in [3.63, 3.8) is 0 Å². The normalized spacial score (nSPS) is 12.8. The van der Waals surface area contributed by atoms with Crippen LogP contribution in [0.25, 0.3) is 0 Å². The smallest absolute Gasteiger partial charge is 0.322 e. The molecule has 0 aromatic heterocycles. The van der Waals surface area contributed by atoms with Crippen molar-refractivity contribution in [2.45, 2.75) is 26.3 Å². The summed E-state index contributed by atoms with van der Waals surface area (Å²) < 4.78 is 15.1. The molecule has 0 amide bonds. The van der Waals surface area contributed by atoms with E-state index in [1.807, 2.05) is 0 Å². The van der Waals surface area contributed by atoms with Crippen molar-refractivity contribution in [3.8, 4) is 0 Å². The molecule has 0 aromatic rings. The monoisotopic (exact) mass is 233 g/mol. The minimum Gasteiger partial charge on any atom is -0.468 e. The van der Waals surface area contributed by atoms with Gasteiger partial charge in [0.2, 0.25) is 0 Å². The van der Waals surface area contributed by atoms with E-state index in [-0.39, 0.29) is 0 Å². The summed E-state index contributed by atoms with van der Waals surface area (Å²) in [6.07, 6.45) is 0.469. The quantitative estimate of drug-likeness (QED) is 0.465. The van der Waals surface area contributed by atoms with E-state index < -0.39 is 12.0 Å². The van der Waals surface area contributed by atoms with Gasteiger partial charge in [0.1, 0.15) is 6.04 Å². The number of ether oxygens (including phenoxy) is 3. The van der Waals surface area contributed by atoms with Crippen LogP contribution in [-0.2, 0) is 19.0 Å². The lowest BCUT2D eigenvalue weighted by Gasteiger charge is -2.10. The summed E-state index contributed by atoms with van der Waals surface area (Å²) in [6.45, 7) is 6.48. The summed E-state index contributed by atoms with van der Waals surface area (Å²) in [5.41, 5.74) is 5.52. The Kier molecular flexibility index (Phi) is 9.18. The van der Waals surface area contributed by atoms with E-state index in [1.165, 1.54) is 7.11 Å². The minimum atomic E-state index is -0.596. The number of methoxy groups -OCH3 is 1. The van der Waals surface area contributed by atoms with E-state index in [4.69, 9.17) is 15.2 Å². The molecule has 2 N–H and O–H groups in total. The fourth-order valence-electron chi connectivity index (χ4n) is 1.02. The highest BCUT2D eigenvalue weighted by Crippen LogP contribution is 1.94. The van der Waals surface area contributed by atoms with Gasteiger partial charge in [-0.25, -0.2) is 0 Å². The van der Waals surface area contributed by atoms with Crippen LogP contribution in [-0.4, -0.2) is 45.5 Å². The van der Waals surface area contributed by atoms with Crippen molar-refractivity contribution in [1.82, 2.24) is 0 Å². The van der Waals surface area contributed by atoms with Gasteiger partial charge in [-0.2, -0.15) is 0 Å².